The lowest BCUT2D eigenvalue weighted by molar-refractivity contribution is 0.400. The van der Waals surface area contributed by atoms with Crippen LogP contribution in [0.5, 0.6) is 0 Å². The molecule has 94 valence electrons. The van der Waals surface area contributed by atoms with Crippen molar-refractivity contribution < 1.29 is 0 Å². The molecule has 1 aliphatic rings. The van der Waals surface area contributed by atoms with Gasteiger partial charge in [0.25, 0.3) is 0 Å². The number of aryl methyl sites for hydroxylation is 1. The van der Waals surface area contributed by atoms with Gasteiger partial charge in [-0.05, 0) is 31.1 Å². The van der Waals surface area contributed by atoms with Crippen LogP contribution in [0.3, 0.4) is 0 Å². The molecule has 0 amide bonds. The molecule has 3 heteroatoms. The van der Waals surface area contributed by atoms with Crippen LogP contribution in [-0.4, -0.2) is 9.97 Å². The van der Waals surface area contributed by atoms with Crippen LogP contribution in [-0.2, 0) is 19.3 Å². The van der Waals surface area contributed by atoms with Crippen LogP contribution < -0.4 is 0 Å². The second kappa shape index (κ2) is 4.93. The van der Waals surface area contributed by atoms with Crippen LogP contribution in [0.15, 0.2) is 0 Å². The fourth-order valence-electron chi connectivity index (χ4n) is 2.33. The smallest absolute Gasteiger partial charge is 0.136 e. The second-order valence-corrected chi connectivity index (χ2v) is 6.51. The zero-order chi connectivity index (χ0) is 12.5. The Kier molecular flexibility index (Phi) is 3.72. The van der Waals surface area contributed by atoms with Crippen LogP contribution in [0.25, 0.3) is 0 Å². The van der Waals surface area contributed by atoms with E-state index in [1.54, 1.807) is 0 Å². The summed E-state index contributed by atoms with van der Waals surface area (Å²) in [6, 6.07) is 0. The molecular weight excluding hydrogens is 232 g/mol. The molecule has 2 rings (SSSR count). The van der Waals surface area contributed by atoms with Crippen LogP contribution >= 0.6 is 11.6 Å². The maximum absolute atomic E-state index is 6.30. The zero-order valence-electron chi connectivity index (χ0n) is 11.0. The van der Waals surface area contributed by atoms with E-state index in [1.165, 1.54) is 30.5 Å². The highest BCUT2D eigenvalue weighted by molar-refractivity contribution is 6.30. The predicted molar refractivity (Wildman–Crippen MR) is 71.5 cm³/mol. The highest BCUT2D eigenvalue weighted by atomic mass is 35.5. The van der Waals surface area contributed by atoms with Crippen LogP contribution in [0.4, 0.5) is 0 Å². The van der Waals surface area contributed by atoms with Gasteiger partial charge >= 0.3 is 0 Å². The third-order valence-corrected chi connectivity index (χ3v) is 3.43. The van der Waals surface area contributed by atoms with Gasteiger partial charge < -0.3 is 0 Å². The van der Waals surface area contributed by atoms with Crippen molar-refractivity contribution >= 4 is 11.6 Å². The third-order valence-electron chi connectivity index (χ3n) is 3.12. The Labute approximate surface area is 109 Å². The Morgan fingerprint density at radius 3 is 2.47 bits per heavy atom. The Morgan fingerprint density at radius 2 is 1.76 bits per heavy atom. The normalized spacial score (nSPS) is 16.5. The number of hydrogen-bond donors (Lipinski definition) is 0. The summed E-state index contributed by atoms with van der Waals surface area (Å²) in [6.45, 7) is 6.61. The van der Waals surface area contributed by atoms with Gasteiger partial charge in [-0.15, -0.1) is 0 Å². The third kappa shape index (κ3) is 3.41. The average Bonchev–Trinajstić information content (AvgIpc) is 2.40. The zero-order valence-corrected chi connectivity index (χ0v) is 11.8. The Balaban J connectivity index is 2.32. The first-order valence-corrected chi connectivity index (χ1v) is 6.88. The largest absolute Gasteiger partial charge is 0.238 e. The van der Waals surface area contributed by atoms with E-state index >= 15 is 0 Å². The Bertz CT molecular complexity index is 407. The number of rotatable bonds is 1. The summed E-state index contributed by atoms with van der Waals surface area (Å²) in [5.74, 6) is 0.906. The van der Waals surface area contributed by atoms with Crippen molar-refractivity contribution in [2.75, 3.05) is 0 Å². The summed E-state index contributed by atoms with van der Waals surface area (Å²) in [6.07, 6.45) is 6.73. The van der Waals surface area contributed by atoms with E-state index in [1.807, 2.05) is 0 Å². The van der Waals surface area contributed by atoms with Crippen molar-refractivity contribution in [3.05, 3.63) is 22.2 Å². The number of aromatic nitrogens is 2. The first-order valence-electron chi connectivity index (χ1n) is 6.50. The van der Waals surface area contributed by atoms with Gasteiger partial charge in [-0.25, -0.2) is 9.97 Å². The minimum atomic E-state index is 0.211. The van der Waals surface area contributed by atoms with Crippen molar-refractivity contribution in [3.8, 4) is 0 Å². The molecule has 0 fully saturated rings. The van der Waals surface area contributed by atoms with E-state index < -0.39 is 0 Å². The molecule has 0 spiro atoms. The van der Waals surface area contributed by atoms with Gasteiger partial charge in [-0.2, -0.15) is 0 Å². The molecule has 17 heavy (non-hydrogen) atoms. The Morgan fingerprint density at radius 1 is 1.06 bits per heavy atom. The summed E-state index contributed by atoms with van der Waals surface area (Å²) in [5, 5.41) is 0.691. The molecule has 2 nitrogen and oxygen atoms in total. The van der Waals surface area contributed by atoms with Crippen molar-refractivity contribution in [1.82, 2.24) is 9.97 Å². The van der Waals surface area contributed by atoms with Gasteiger partial charge in [0.05, 0.1) is 0 Å². The van der Waals surface area contributed by atoms with Crippen molar-refractivity contribution in [2.45, 2.75) is 59.3 Å². The van der Waals surface area contributed by atoms with Crippen molar-refractivity contribution in [3.63, 3.8) is 0 Å². The molecular formula is C14H21ClN2. The fraction of sp³-hybridized carbons (Fsp3) is 0.714. The summed E-state index contributed by atoms with van der Waals surface area (Å²) in [4.78, 5) is 9.19. The molecule has 1 aromatic heterocycles. The minimum absolute atomic E-state index is 0.211. The summed E-state index contributed by atoms with van der Waals surface area (Å²) >= 11 is 6.30. The molecule has 0 saturated carbocycles. The first kappa shape index (κ1) is 12.8. The molecule has 0 bridgehead atoms. The van der Waals surface area contributed by atoms with E-state index in [4.69, 9.17) is 16.6 Å². The quantitative estimate of drug-likeness (QED) is 0.558. The number of nitrogens with zero attached hydrogens (tertiary/aromatic N) is 2. The summed E-state index contributed by atoms with van der Waals surface area (Å²) in [5.41, 5.74) is 2.60. The van der Waals surface area contributed by atoms with E-state index in [0.29, 0.717) is 5.15 Å². The molecule has 0 unspecified atom stereocenters. The molecule has 1 aliphatic carbocycles. The topological polar surface area (TPSA) is 25.8 Å². The molecule has 0 aliphatic heterocycles. The maximum atomic E-state index is 6.30. The summed E-state index contributed by atoms with van der Waals surface area (Å²) in [7, 11) is 0. The minimum Gasteiger partial charge on any atom is -0.238 e. The molecule has 0 aromatic carbocycles. The van der Waals surface area contributed by atoms with Gasteiger partial charge in [-0.1, -0.05) is 38.8 Å². The number of fused-ring (bicyclic) bond motifs is 1. The lowest BCUT2D eigenvalue weighted by Crippen LogP contribution is -2.14. The molecule has 0 N–H and O–H groups in total. The lowest BCUT2D eigenvalue weighted by Gasteiger charge is -2.18. The van der Waals surface area contributed by atoms with Gasteiger partial charge in [0.1, 0.15) is 11.0 Å². The van der Waals surface area contributed by atoms with E-state index in [0.717, 1.165) is 25.1 Å². The average molecular weight is 253 g/mol. The van der Waals surface area contributed by atoms with Gasteiger partial charge in [-0.3, -0.25) is 0 Å². The van der Waals surface area contributed by atoms with Gasteiger partial charge in [0.2, 0.25) is 0 Å². The van der Waals surface area contributed by atoms with Crippen LogP contribution in [0.1, 0.15) is 57.1 Å². The molecule has 1 aromatic rings. The van der Waals surface area contributed by atoms with Crippen LogP contribution in [0.2, 0.25) is 5.15 Å². The van der Waals surface area contributed by atoms with Gasteiger partial charge in [0.15, 0.2) is 0 Å². The number of halogens is 1. The fourth-order valence-corrected chi connectivity index (χ4v) is 2.63. The molecule has 1 heterocycles. The van der Waals surface area contributed by atoms with Gasteiger partial charge in [0, 0.05) is 17.7 Å². The highest BCUT2D eigenvalue weighted by Crippen LogP contribution is 2.26. The number of hydrogen-bond acceptors (Lipinski definition) is 2. The Hall–Kier alpha value is -0.630. The van der Waals surface area contributed by atoms with Crippen molar-refractivity contribution in [2.24, 2.45) is 5.41 Å². The van der Waals surface area contributed by atoms with Crippen molar-refractivity contribution in [1.29, 1.82) is 0 Å². The SMILES string of the molecule is CC(C)(C)Cc1nc(Cl)c2c(n1)CCCCC2. The summed E-state index contributed by atoms with van der Waals surface area (Å²) < 4.78 is 0. The van der Waals surface area contributed by atoms with E-state index in [-0.39, 0.29) is 5.41 Å². The first-order chi connectivity index (χ1) is 7.96. The second-order valence-electron chi connectivity index (χ2n) is 6.15. The monoisotopic (exact) mass is 252 g/mol. The highest BCUT2D eigenvalue weighted by Gasteiger charge is 2.19. The standard InChI is InChI=1S/C14H21ClN2/c1-14(2,3)9-12-16-11-8-6-4-5-7-10(11)13(15)17-12/h4-9H2,1-3H3. The lowest BCUT2D eigenvalue weighted by atomic mass is 9.92. The molecule has 0 radical (unpaired) electrons. The van der Waals surface area contributed by atoms with Crippen LogP contribution in [0, 0.1) is 5.41 Å². The van der Waals surface area contributed by atoms with E-state index in [2.05, 4.69) is 25.8 Å². The predicted octanol–water partition coefficient (Wildman–Crippen LogP) is 3.99. The maximum Gasteiger partial charge on any atom is 0.136 e. The van der Waals surface area contributed by atoms with E-state index in [9.17, 15) is 0 Å². The molecule has 0 atom stereocenters. The molecule has 0 saturated heterocycles.